The number of carbonyl (C=O) groups excluding carboxylic acids is 1. The number of methoxy groups -OCH3 is 1. The predicted molar refractivity (Wildman–Crippen MR) is 61.4 cm³/mol. The normalized spacial score (nSPS) is 21.1. The Balaban J connectivity index is 2.13. The first-order chi connectivity index (χ1) is 7.75. The number of amides is 1. The molecule has 0 aromatic heterocycles. The molecule has 0 radical (unpaired) electrons. The summed E-state index contributed by atoms with van der Waals surface area (Å²) in [5.41, 5.74) is 0. The second-order valence-corrected chi connectivity index (χ2v) is 4.00. The second-order valence-electron chi connectivity index (χ2n) is 4.00. The van der Waals surface area contributed by atoms with Gasteiger partial charge in [0.2, 0.25) is 5.91 Å². The van der Waals surface area contributed by atoms with Gasteiger partial charge in [-0.05, 0) is 6.92 Å². The zero-order valence-electron chi connectivity index (χ0n) is 10.2. The van der Waals surface area contributed by atoms with E-state index < -0.39 is 0 Å². The quantitative estimate of drug-likeness (QED) is 0.645. The van der Waals surface area contributed by atoms with Crippen molar-refractivity contribution < 1.29 is 14.3 Å². The topological polar surface area (TPSA) is 50.8 Å². The van der Waals surface area contributed by atoms with Crippen molar-refractivity contribution in [2.24, 2.45) is 0 Å². The lowest BCUT2D eigenvalue weighted by Gasteiger charge is -2.34. The van der Waals surface area contributed by atoms with E-state index in [0.717, 1.165) is 19.6 Å². The maximum atomic E-state index is 11.8. The average molecular weight is 230 g/mol. The molecule has 1 atom stereocenters. The Kier molecular flexibility index (Phi) is 6.37. The molecule has 1 unspecified atom stereocenters. The van der Waals surface area contributed by atoms with Crippen molar-refractivity contribution in [2.45, 2.75) is 19.4 Å². The molecular weight excluding hydrogens is 208 g/mol. The van der Waals surface area contributed by atoms with Crippen LogP contribution in [-0.4, -0.2) is 63.4 Å². The summed E-state index contributed by atoms with van der Waals surface area (Å²) < 4.78 is 10.1. The lowest BCUT2D eigenvalue weighted by molar-refractivity contribution is -0.135. The van der Waals surface area contributed by atoms with E-state index in [1.165, 1.54) is 0 Å². The summed E-state index contributed by atoms with van der Waals surface area (Å²) in [6.45, 7) is 6.27. The molecule has 0 aromatic carbocycles. The number of hydrogen-bond acceptors (Lipinski definition) is 4. The second kappa shape index (κ2) is 7.60. The molecule has 0 spiro atoms. The van der Waals surface area contributed by atoms with E-state index in [0.29, 0.717) is 32.3 Å². The third-order valence-electron chi connectivity index (χ3n) is 2.71. The minimum atomic E-state index is 0.186. The largest absolute Gasteiger partial charge is 0.382 e. The number of ether oxygens (including phenoxy) is 2. The van der Waals surface area contributed by atoms with Gasteiger partial charge in [-0.2, -0.15) is 0 Å². The van der Waals surface area contributed by atoms with Crippen molar-refractivity contribution in [1.29, 1.82) is 0 Å². The number of piperazine rings is 1. The molecule has 0 bridgehead atoms. The van der Waals surface area contributed by atoms with E-state index in [4.69, 9.17) is 9.47 Å². The lowest BCUT2D eigenvalue weighted by Crippen LogP contribution is -2.52. The number of carbonyl (C=O) groups is 1. The summed E-state index contributed by atoms with van der Waals surface area (Å²) in [5.74, 6) is 0.186. The number of hydrogen-bond donors (Lipinski definition) is 1. The molecule has 1 N–H and O–H groups in total. The van der Waals surface area contributed by atoms with Gasteiger partial charge in [0.15, 0.2) is 0 Å². The molecule has 0 aromatic rings. The smallest absolute Gasteiger partial charge is 0.225 e. The van der Waals surface area contributed by atoms with Crippen LogP contribution in [0.25, 0.3) is 0 Å². The minimum Gasteiger partial charge on any atom is -0.382 e. The van der Waals surface area contributed by atoms with Crippen LogP contribution in [0, 0.1) is 0 Å². The standard InChI is InChI=1S/C11H22N2O3/c1-10-9-12-4-5-13(10)11(14)3-6-16-8-7-15-2/h10,12H,3-9H2,1-2H3. The lowest BCUT2D eigenvalue weighted by atomic mass is 10.2. The van der Waals surface area contributed by atoms with Crippen molar-refractivity contribution in [3.8, 4) is 0 Å². The molecule has 5 heteroatoms. The Morgan fingerprint density at radius 2 is 2.25 bits per heavy atom. The molecule has 94 valence electrons. The van der Waals surface area contributed by atoms with E-state index in [9.17, 15) is 4.79 Å². The van der Waals surface area contributed by atoms with Gasteiger partial charge in [0.05, 0.1) is 26.2 Å². The Morgan fingerprint density at radius 1 is 1.44 bits per heavy atom. The molecule has 1 saturated heterocycles. The van der Waals surface area contributed by atoms with Crippen LogP contribution in [0.5, 0.6) is 0 Å². The highest BCUT2D eigenvalue weighted by Gasteiger charge is 2.22. The van der Waals surface area contributed by atoms with Gasteiger partial charge in [-0.25, -0.2) is 0 Å². The third kappa shape index (κ3) is 4.47. The fourth-order valence-electron chi connectivity index (χ4n) is 1.76. The summed E-state index contributed by atoms with van der Waals surface area (Å²) in [6, 6.07) is 0.292. The Labute approximate surface area is 97.1 Å². The fraction of sp³-hybridized carbons (Fsp3) is 0.909. The molecule has 1 heterocycles. The third-order valence-corrected chi connectivity index (χ3v) is 2.71. The van der Waals surface area contributed by atoms with Gasteiger partial charge in [0, 0.05) is 32.8 Å². The van der Waals surface area contributed by atoms with Crippen LogP contribution in [-0.2, 0) is 14.3 Å². The molecule has 1 rings (SSSR count). The summed E-state index contributed by atoms with van der Waals surface area (Å²) >= 11 is 0. The van der Waals surface area contributed by atoms with Crippen LogP contribution in [0.15, 0.2) is 0 Å². The van der Waals surface area contributed by atoms with Crippen LogP contribution in [0.3, 0.4) is 0 Å². The van der Waals surface area contributed by atoms with E-state index in [-0.39, 0.29) is 5.91 Å². The van der Waals surface area contributed by atoms with Crippen LogP contribution in [0.4, 0.5) is 0 Å². The van der Waals surface area contributed by atoms with Crippen LogP contribution in [0.1, 0.15) is 13.3 Å². The molecular formula is C11H22N2O3. The molecule has 16 heavy (non-hydrogen) atoms. The molecule has 0 saturated carbocycles. The van der Waals surface area contributed by atoms with Gasteiger partial charge < -0.3 is 19.7 Å². The Bertz CT molecular complexity index is 211. The zero-order valence-corrected chi connectivity index (χ0v) is 10.2. The first kappa shape index (κ1) is 13.4. The maximum absolute atomic E-state index is 11.8. The maximum Gasteiger partial charge on any atom is 0.225 e. The van der Waals surface area contributed by atoms with Crippen molar-refractivity contribution in [3.63, 3.8) is 0 Å². The molecule has 5 nitrogen and oxygen atoms in total. The highest BCUT2D eigenvalue weighted by atomic mass is 16.5. The first-order valence-corrected chi connectivity index (χ1v) is 5.82. The van der Waals surface area contributed by atoms with E-state index in [2.05, 4.69) is 12.2 Å². The predicted octanol–water partition coefficient (Wildman–Crippen LogP) is -0.140. The van der Waals surface area contributed by atoms with Crippen molar-refractivity contribution >= 4 is 5.91 Å². The summed E-state index contributed by atoms with van der Waals surface area (Å²) in [4.78, 5) is 13.8. The minimum absolute atomic E-state index is 0.186. The number of nitrogens with one attached hydrogen (secondary N) is 1. The van der Waals surface area contributed by atoms with Crippen molar-refractivity contribution in [2.75, 3.05) is 46.6 Å². The van der Waals surface area contributed by atoms with Gasteiger partial charge in [-0.1, -0.05) is 0 Å². The summed E-state index contributed by atoms with van der Waals surface area (Å²) in [5, 5.41) is 3.26. The van der Waals surface area contributed by atoms with Crippen molar-refractivity contribution in [1.82, 2.24) is 10.2 Å². The Hall–Kier alpha value is -0.650. The van der Waals surface area contributed by atoms with Gasteiger partial charge in [-0.3, -0.25) is 4.79 Å². The van der Waals surface area contributed by atoms with Gasteiger partial charge in [0.1, 0.15) is 0 Å². The highest BCUT2D eigenvalue weighted by Crippen LogP contribution is 2.04. The molecule has 1 fully saturated rings. The highest BCUT2D eigenvalue weighted by molar-refractivity contribution is 5.76. The monoisotopic (exact) mass is 230 g/mol. The van der Waals surface area contributed by atoms with Gasteiger partial charge >= 0.3 is 0 Å². The van der Waals surface area contributed by atoms with Crippen LogP contribution >= 0.6 is 0 Å². The van der Waals surface area contributed by atoms with Crippen molar-refractivity contribution in [3.05, 3.63) is 0 Å². The van der Waals surface area contributed by atoms with E-state index in [1.807, 2.05) is 4.90 Å². The Morgan fingerprint density at radius 3 is 2.94 bits per heavy atom. The SMILES string of the molecule is COCCOCCC(=O)N1CCNCC1C. The average Bonchev–Trinajstić information content (AvgIpc) is 2.29. The summed E-state index contributed by atoms with van der Waals surface area (Å²) in [7, 11) is 1.64. The summed E-state index contributed by atoms with van der Waals surface area (Å²) in [6.07, 6.45) is 0.466. The van der Waals surface area contributed by atoms with Gasteiger partial charge in [-0.15, -0.1) is 0 Å². The first-order valence-electron chi connectivity index (χ1n) is 5.82. The number of rotatable bonds is 6. The van der Waals surface area contributed by atoms with Gasteiger partial charge in [0.25, 0.3) is 0 Å². The molecule has 1 aliphatic rings. The zero-order chi connectivity index (χ0) is 11.8. The molecule has 1 aliphatic heterocycles. The van der Waals surface area contributed by atoms with E-state index in [1.54, 1.807) is 7.11 Å². The van der Waals surface area contributed by atoms with Crippen LogP contribution in [0.2, 0.25) is 0 Å². The van der Waals surface area contributed by atoms with E-state index >= 15 is 0 Å². The van der Waals surface area contributed by atoms with Crippen LogP contribution < -0.4 is 5.32 Å². The fourth-order valence-corrected chi connectivity index (χ4v) is 1.76. The molecule has 1 amide bonds. The molecule has 0 aliphatic carbocycles. The number of nitrogens with zero attached hydrogens (tertiary/aromatic N) is 1.